The molecule has 1 aliphatic rings. The van der Waals surface area contributed by atoms with Gasteiger partial charge in [-0.15, -0.1) is 0 Å². The lowest BCUT2D eigenvalue weighted by atomic mass is 9.92. The maximum Gasteiger partial charge on any atom is 0.166 e. The Labute approximate surface area is 94.4 Å². The number of hydrogen-bond acceptors (Lipinski definition) is 4. The molecule has 1 aromatic carbocycles. The first-order chi connectivity index (χ1) is 7.56. The van der Waals surface area contributed by atoms with Gasteiger partial charge in [0.05, 0.1) is 19.3 Å². The van der Waals surface area contributed by atoms with Crippen LogP contribution in [-0.4, -0.2) is 23.4 Å². The molecule has 3 atom stereocenters. The van der Waals surface area contributed by atoms with Gasteiger partial charge in [-0.2, -0.15) is 0 Å². The Balaban J connectivity index is 2.61. The zero-order valence-electron chi connectivity index (χ0n) is 9.60. The van der Waals surface area contributed by atoms with Crippen molar-refractivity contribution in [3.05, 3.63) is 23.3 Å². The Morgan fingerprint density at radius 2 is 2.00 bits per heavy atom. The molecule has 0 unspecified atom stereocenters. The van der Waals surface area contributed by atoms with Crippen molar-refractivity contribution in [2.75, 3.05) is 7.11 Å². The average molecular weight is 224 g/mol. The number of rotatable bonds is 1. The highest BCUT2D eigenvalue weighted by Gasteiger charge is 2.33. The third-order valence-corrected chi connectivity index (χ3v) is 3.00. The molecule has 1 aliphatic heterocycles. The van der Waals surface area contributed by atoms with Crippen LogP contribution in [0.25, 0.3) is 0 Å². The van der Waals surface area contributed by atoms with Crippen LogP contribution in [0.5, 0.6) is 11.5 Å². The third-order valence-electron chi connectivity index (χ3n) is 3.00. The number of aliphatic hydroxyl groups is 1. The molecular weight excluding hydrogens is 208 g/mol. The van der Waals surface area contributed by atoms with Gasteiger partial charge in [0.15, 0.2) is 11.5 Å². The van der Waals surface area contributed by atoms with Crippen LogP contribution in [0.4, 0.5) is 0 Å². The molecule has 16 heavy (non-hydrogen) atoms. The van der Waals surface area contributed by atoms with Gasteiger partial charge in [0.1, 0.15) is 6.10 Å². The summed E-state index contributed by atoms with van der Waals surface area (Å²) in [5, 5.41) is 19.7. The lowest BCUT2D eigenvalue weighted by Gasteiger charge is -2.33. The van der Waals surface area contributed by atoms with Crippen molar-refractivity contribution in [3.63, 3.8) is 0 Å². The van der Waals surface area contributed by atoms with Crippen LogP contribution in [0.3, 0.4) is 0 Å². The van der Waals surface area contributed by atoms with Crippen LogP contribution in [-0.2, 0) is 4.74 Å². The topological polar surface area (TPSA) is 58.9 Å². The summed E-state index contributed by atoms with van der Waals surface area (Å²) in [4.78, 5) is 0. The SMILES string of the molecule is COc1c(O)ccc2c1[C@@H](C)O[C@@H](C)[C@@H]2O. The van der Waals surface area contributed by atoms with Crippen molar-refractivity contribution in [2.24, 2.45) is 0 Å². The summed E-state index contributed by atoms with van der Waals surface area (Å²) < 4.78 is 10.7. The molecule has 0 aliphatic carbocycles. The van der Waals surface area contributed by atoms with Crippen LogP contribution in [0.2, 0.25) is 0 Å². The van der Waals surface area contributed by atoms with Crippen molar-refractivity contribution in [2.45, 2.75) is 32.2 Å². The maximum absolute atomic E-state index is 10.00. The summed E-state index contributed by atoms with van der Waals surface area (Å²) >= 11 is 0. The molecule has 88 valence electrons. The lowest BCUT2D eigenvalue weighted by molar-refractivity contribution is -0.0817. The quantitative estimate of drug-likeness (QED) is 0.765. The molecular formula is C12H16O4. The summed E-state index contributed by atoms with van der Waals surface area (Å²) in [6, 6.07) is 3.25. The molecule has 0 fully saturated rings. The van der Waals surface area contributed by atoms with Crippen molar-refractivity contribution in [1.29, 1.82) is 0 Å². The second-order valence-corrected chi connectivity index (χ2v) is 4.05. The van der Waals surface area contributed by atoms with Crippen molar-refractivity contribution >= 4 is 0 Å². The van der Waals surface area contributed by atoms with Gasteiger partial charge in [-0.3, -0.25) is 0 Å². The Hall–Kier alpha value is -1.26. The third kappa shape index (κ3) is 1.54. The van der Waals surface area contributed by atoms with Crippen molar-refractivity contribution in [3.8, 4) is 11.5 Å². The summed E-state index contributed by atoms with van der Waals surface area (Å²) in [5.41, 5.74) is 1.49. The van der Waals surface area contributed by atoms with Gasteiger partial charge in [0.2, 0.25) is 0 Å². The van der Waals surface area contributed by atoms with Crippen molar-refractivity contribution in [1.82, 2.24) is 0 Å². The van der Waals surface area contributed by atoms with Crippen LogP contribution >= 0.6 is 0 Å². The predicted octanol–water partition coefficient (Wildman–Crippen LogP) is 1.91. The van der Waals surface area contributed by atoms with E-state index in [1.807, 2.05) is 13.8 Å². The van der Waals surface area contributed by atoms with E-state index < -0.39 is 6.10 Å². The van der Waals surface area contributed by atoms with Crippen LogP contribution in [0.15, 0.2) is 12.1 Å². The first-order valence-electron chi connectivity index (χ1n) is 5.29. The first kappa shape index (κ1) is 11.2. The molecule has 0 aromatic heterocycles. The van der Waals surface area contributed by atoms with Crippen LogP contribution in [0.1, 0.15) is 37.2 Å². The summed E-state index contributed by atoms with van der Waals surface area (Å²) in [6.45, 7) is 3.70. The van der Waals surface area contributed by atoms with Crippen LogP contribution in [0, 0.1) is 0 Å². The van der Waals surface area contributed by atoms with Gasteiger partial charge in [-0.05, 0) is 25.5 Å². The second kappa shape index (κ2) is 3.96. The highest BCUT2D eigenvalue weighted by Crippen LogP contribution is 2.44. The van der Waals surface area contributed by atoms with E-state index in [1.54, 1.807) is 6.07 Å². The number of phenolic OH excluding ortho intramolecular Hbond substituents is 1. The first-order valence-corrected chi connectivity index (χ1v) is 5.29. The zero-order chi connectivity index (χ0) is 11.9. The standard InChI is InChI=1S/C12H16O4/c1-6-10-8(11(14)7(2)16-6)4-5-9(13)12(10)15-3/h4-7,11,13-14H,1-3H3/t6-,7+,11+/m1/s1. The van der Waals surface area contributed by atoms with Gasteiger partial charge in [-0.1, -0.05) is 6.07 Å². The molecule has 1 heterocycles. The molecule has 0 saturated heterocycles. The van der Waals surface area contributed by atoms with E-state index in [2.05, 4.69) is 0 Å². The molecule has 0 radical (unpaired) electrons. The van der Waals surface area contributed by atoms with Gasteiger partial charge >= 0.3 is 0 Å². The molecule has 0 spiro atoms. The Morgan fingerprint density at radius 1 is 1.31 bits per heavy atom. The average Bonchev–Trinajstić information content (AvgIpc) is 2.25. The molecule has 1 aromatic rings. The minimum absolute atomic E-state index is 0.0680. The van der Waals surface area contributed by atoms with E-state index in [4.69, 9.17) is 9.47 Å². The smallest absolute Gasteiger partial charge is 0.166 e. The monoisotopic (exact) mass is 224 g/mol. The van der Waals surface area contributed by atoms with E-state index >= 15 is 0 Å². The van der Waals surface area contributed by atoms with E-state index in [-0.39, 0.29) is 18.0 Å². The number of ether oxygens (including phenoxy) is 2. The van der Waals surface area contributed by atoms with Crippen molar-refractivity contribution < 1.29 is 19.7 Å². The molecule has 4 heteroatoms. The number of phenols is 1. The number of methoxy groups -OCH3 is 1. The molecule has 0 saturated carbocycles. The molecule has 2 N–H and O–H groups in total. The summed E-state index contributed by atoms with van der Waals surface area (Å²) in [5.74, 6) is 0.453. The number of aromatic hydroxyl groups is 1. The van der Waals surface area contributed by atoms with E-state index in [1.165, 1.54) is 13.2 Å². The number of aliphatic hydroxyl groups excluding tert-OH is 1. The van der Waals surface area contributed by atoms with E-state index in [0.29, 0.717) is 5.75 Å². The van der Waals surface area contributed by atoms with Gasteiger partial charge < -0.3 is 19.7 Å². The Morgan fingerprint density at radius 3 is 2.62 bits per heavy atom. The normalized spacial score (nSPS) is 28.6. The Kier molecular flexibility index (Phi) is 2.78. The highest BCUT2D eigenvalue weighted by atomic mass is 16.5. The van der Waals surface area contributed by atoms with Gasteiger partial charge in [0.25, 0.3) is 0 Å². The summed E-state index contributed by atoms with van der Waals surface area (Å²) in [7, 11) is 1.49. The fourth-order valence-corrected chi connectivity index (χ4v) is 2.21. The van der Waals surface area contributed by atoms with E-state index in [0.717, 1.165) is 11.1 Å². The largest absolute Gasteiger partial charge is 0.504 e. The Bertz CT molecular complexity index is 402. The second-order valence-electron chi connectivity index (χ2n) is 4.05. The minimum atomic E-state index is -0.680. The minimum Gasteiger partial charge on any atom is -0.504 e. The number of hydrogen-bond donors (Lipinski definition) is 2. The molecule has 2 rings (SSSR count). The van der Waals surface area contributed by atoms with Crippen LogP contribution < -0.4 is 4.74 Å². The number of fused-ring (bicyclic) bond motifs is 1. The van der Waals surface area contributed by atoms with Gasteiger partial charge in [-0.25, -0.2) is 0 Å². The predicted molar refractivity (Wildman–Crippen MR) is 58.6 cm³/mol. The molecule has 4 nitrogen and oxygen atoms in total. The fraction of sp³-hybridized carbons (Fsp3) is 0.500. The molecule has 0 amide bonds. The zero-order valence-corrected chi connectivity index (χ0v) is 9.60. The van der Waals surface area contributed by atoms with Gasteiger partial charge in [0, 0.05) is 5.56 Å². The summed E-state index contributed by atoms with van der Waals surface area (Å²) in [6.07, 6.45) is -1.13. The van der Waals surface area contributed by atoms with E-state index in [9.17, 15) is 10.2 Å². The molecule has 0 bridgehead atoms. The number of benzene rings is 1. The lowest BCUT2D eigenvalue weighted by Crippen LogP contribution is -2.27. The maximum atomic E-state index is 10.00. The highest BCUT2D eigenvalue weighted by molar-refractivity contribution is 5.52. The fourth-order valence-electron chi connectivity index (χ4n) is 2.21.